The van der Waals surface area contributed by atoms with Crippen LogP contribution in [0.15, 0.2) is 24.3 Å². The molecular weight excluding hydrogens is 214 g/mol. The Balaban J connectivity index is 2.75. The number of hydrogen-bond acceptors (Lipinski definition) is 3. The fourth-order valence-corrected chi connectivity index (χ4v) is 1.68. The molecular formula is C14H21NO2. The fraction of sp³-hybridized carbons (Fsp3) is 0.500. The van der Waals surface area contributed by atoms with Crippen molar-refractivity contribution in [1.29, 1.82) is 0 Å². The minimum Gasteiger partial charge on any atom is -0.462 e. The standard InChI is InChI=1S/C14H21NO2/c1-4-12(5-2)15-13-9-7-8-11(10-13)14(16)17-6-3/h7-10,12,15H,4-6H2,1-3H3. The summed E-state index contributed by atoms with van der Waals surface area (Å²) in [6, 6.07) is 7.91. The fourth-order valence-electron chi connectivity index (χ4n) is 1.68. The normalized spacial score (nSPS) is 10.4. The average Bonchev–Trinajstić information content (AvgIpc) is 2.36. The number of rotatable bonds is 6. The number of anilines is 1. The van der Waals surface area contributed by atoms with Crippen LogP contribution in [0, 0.1) is 0 Å². The molecule has 1 N–H and O–H groups in total. The lowest BCUT2D eigenvalue weighted by Gasteiger charge is -2.16. The molecule has 0 aromatic heterocycles. The van der Waals surface area contributed by atoms with E-state index in [2.05, 4.69) is 19.2 Å². The van der Waals surface area contributed by atoms with Gasteiger partial charge in [0.1, 0.15) is 0 Å². The molecule has 0 spiro atoms. The van der Waals surface area contributed by atoms with E-state index in [0.29, 0.717) is 18.2 Å². The van der Waals surface area contributed by atoms with E-state index in [0.717, 1.165) is 18.5 Å². The van der Waals surface area contributed by atoms with Gasteiger partial charge in [0.25, 0.3) is 0 Å². The maximum atomic E-state index is 11.6. The predicted octanol–water partition coefficient (Wildman–Crippen LogP) is 3.46. The van der Waals surface area contributed by atoms with Crippen molar-refractivity contribution in [2.45, 2.75) is 39.7 Å². The average molecular weight is 235 g/mol. The van der Waals surface area contributed by atoms with Gasteiger partial charge >= 0.3 is 5.97 Å². The Morgan fingerprint density at radius 3 is 2.59 bits per heavy atom. The smallest absolute Gasteiger partial charge is 0.338 e. The van der Waals surface area contributed by atoms with E-state index in [1.807, 2.05) is 25.1 Å². The molecule has 17 heavy (non-hydrogen) atoms. The zero-order valence-electron chi connectivity index (χ0n) is 10.8. The molecule has 0 bridgehead atoms. The molecule has 0 saturated carbocycles. The van der Waals surface area contributed by atoms with E-state index in [1.165, 1.54) is 0 Å². The highest BCUT2D eigenvalue weighted by molar-refractivity contribution is 5.90. The molecule has 94 valence electrons. The largest absolute Gasteiger partial charge is 0.462 e. The van der Waals surface area contributed by atoms with Gasteiger partial charge in [-0.05, 0) is 38.0 Å². The number of carbonyl (C=O) groups is 1. The van der Waals surface area contributed by atoms with Crippen molar-refractivity contribution in [2.24, 2.45) is 0 Å². The van der Waals surface area contributed by atoms with Crippen LogP contribution in [0.3, 0.4) is 0 Å². The highest BCUT2D eigenvalue weighted by atomic mass is 16.5. The lowest BCUT2D eigenvalue weighted by atomic mass is 10.1. The molecule has 0 heterocycles. The third-order valence-electron chi connectivity index (χ3n) is 2.73. The quantitative estimate of drug-likeness (QED) is 0.767. The van der Waals surface area contributed by atoms with Crippen LogP contribution in [-0.4, -0.2) is 18.6 Å². The highest BCUT2D eigenvalue weighted by Crippen LogP contribution is 2.14. The van der Waals surface area contributed by atoms with Crippen LogP contribution in [0.25, 0.3) is 0 Å². The summed E-state index contributed by atoms with van der Waals surface area (Å²) < 4.78 is 4.97. The second-order valence-corrected chi connectivity index (χ2v) is 3.96. The van der Waals surface area contributed by atoms with E-state index in [4.69, 9.17) is 4.74 Å². The molecule has 0 unspecified atom stereocenters. The molecule has 0 aliphatic carbocycles. The van der Waals surface area contributed by atoms with Crippen molar-refractivity contribution in [3.05, 3.63) is 29.8 Å². The summed E-state index contributed by atoms with van der Waals surface area (Å²) in [6.45, 7) is 6.51. The van der Waals surface area contributed by atoms with Gasteiger partial charge < -0.3 is 10.1 Å². The number of benzene rings is 1. The SMILES string of the molecule is CCOC(=O)c1cccc(NC(CC)CC)c1. The Labute approximate surface area is 103 Å². The molecule has 1 rings (SSSR count). The highest BCUT2D eigenvalue weighted by Gasteiger charge is 2.08. The molecule has 1 aromatic rings. The van der Waals surface area contributed by atoms with Crippen molar-refractivity contribution in [1.82, 2.24) is 0 Å². The summed E-state index contributed by atoms with van der Waals surface area (Å²) in [5.41, 5.74) is 1.58. The first-order chi connectivity index (χ1) is 8.21. The van der Waals surface area contributed by atoms with E-state index < -0.39 is 0 Å². The van der Waals surface area contributed by atoms with Crippen molar-refractivity contribution in [2.75, 3.05) is 11.9 Å². The van der Waals surface area contributed by atoms with E-state index in [1.54, 1.807) is 6.07 Å². The van der Waals surface area contributed by atoms with E-state index in [-0.39, 0.29) is 5.97 Å². The molecule has 3 heteroatoms. The Morgan fingerprint density at radius 2 is 2.00 bits per heavy atom. The van der Waals surface area contributed by atoms with Crippen LogP contribution in [0.2, 0.25) is 0 Å². The van der Waals surface area contributed by atoms with E-state index >= 15 is 0 Å². The molecule has 1 aromatic carbocycles. The molecule has 0 saturated heterocycles. The van der Waals surface area contributed by atoms with Gasteiger partial charge in [0.15, 0.2) is 0 Å². The zero-order valence-corrected chi connectivity index (χ0v) is 10.8. The van der Waals surface area contributed by atoms with Gasteiger partial charge in [-0.15, -0.1) is 0 Å². The van der Waals surface area contributed by atoms with E-state index in [9.17, 15) is 4.79 Å². The Bertz CT molecular complexity index is 359. The monoisotopic (exact) mass is 235 g/mol. The van der Waals surface area contributed by atoms with Crippen molar-refractivity contribution >= 4 is 11.7 Å². The maximum Gasteiger partial charge on any atom is 0.338 e. The van der Waals surface area contributed by atoms with Crippen LogP contribution >= 0.6 is 0 Å². The first-order valence-corrected chi connectivity index (χ1v) is 6.24. The van der Waals surface area contributed by atoms with Crippen LogP contribution in [0.5, 0.6) is 0 Å². The van der Waals surface area contributed by atoms with Crippen molar-refractivity contribution in [3.63, 3.8) is 0 Å². The van der Waals surface area contributed by atoms with Gasteiger partial charge in [-0.2, -0.15) is 0 Å². The Hall–Kier alpha value is -1.51. The van der Waals surface area contributed by atoms with Crippen LogP contribution < -0.4 is 5.32 Å². The second kappa shape index (κ2) is 6.94. The molecule has 0 aliphatic rings. The minimum atomic E-state index is -0.263. The van der Waals surface area contributed by atoms with Crippen LogP contribution in [0.1, 0.15) is 44.0 Å². The van der Waals surface area contributed by atoms with Gasteiger partial charge in [0.2, 0.25) is 0 Å². The maximum absolute atomic E-state index is 11.6. The Morgan fingerprint density at radius 1 is 1.29 bits per heavy atom. The van der Waals surface area contributed by atoms with Gasteiger partial charge in [-0.25, -0.2) is 4.79 Å². The van der Waals surface area contributed by atoms with Crippen molar-refractivity contribution < 1.29 is 9.53 Å². The second-order valence-electron chi connectivity index (χ2n) is 3.96. The molecule has 0 radical (unpaired) electrons. The number of carbonyl (C=O) groups excluding carboxylic acids is 1. The lowest BCUT2D eigenvalue weighted by Crippen LogP contribution is -2.17. The van der Waals surface area contributed by atoms with Crippen molar-refractivity contribution in [3.8, 4) is 0 Å². The summed E-state index contributed by atoms with van der Waals surface area (Å²) in [4.78, 5) is 11.6. The van der Waals surface area contributed by atoms with Gasteiger partial charge in [-0.3, -0.25) is 0 Å². The first kappa shape index (κ1) is 13.6. The third-order valence-corrected chi connectivity index (χ3v) is 2.73. The Kier molecular flexibility index (Phi) is 5.53. The molecule has 0 amide bonds. The molecule has 0 aliphatic heterocycles. The number of esters is 1. The summed E-state index contributed by atoms with van der Waals surface area (Å²) in [7, 11) is 0. The van der Waals surface area contributed by atoms with Gasteiger partial charge in [0.05, 0.1) is 12.2 Å². The minimum absolute atomic E-state index is 0.263. The summed E-state index contributed by atoms with van der Waals surface area (Å²) in [5.74, 6) is -0.263. The zero-order chi connectivity index (χ0) is 12.7. The summed E-state index contributed by atoms with van der Waals surface area (Å²) in [6.07, 6.45) is 2.14. The third kappa shape index (κ3) is 4.10. The van der Waals surface area contributed by atoms with Crippen LogP contribution in [0.4, 0.5) is 5.69 Å². The lowest BCUT2D eigenvalue weighted by molar-refractivity contribution is 0.0526. The van der Waals surface area contributed by atoms with Gasteiger partial charge in [0, 0.05) is 11.7 Å². The molecule has 3 nitrogen and oxygen atoms in total. The topological polar surface area (TPSA) is 38.3 Å². The van der Waals surface area contributed by atoms with Crippen LogP contribution in [-0.2, 0) is 4.74 Å². The number of hydrogen-bond donors (Lipinski definition) is 1. The molecule has 0 fully saturated rings. The number of nitrogens with one attached hydrogen (secondary N) is 1. The summed E-state index contributed by atoms with van der Waals surface area (Å²) in [5, 5.41) is 3.41. The predicted molar refractivity (Wildman–Crippen MR) is 70.4 cm³/mol. The first-order valence-electron chi connectivity index (χ1n) is 6.24. The summed E-state index contributed by atoms with van der Waals surface area (Å²) >= 11 is 0. The van der Waals surface area contributed by atoms with Gasteiger partial charge in [-0.1, -0.05) is 19.9 Å². The molecule has 0 atom stereocenters. The number of ether oxygens (including phenoxy) is 1.